The first-order valence-corrected chi connectivity index (χ1v) is 13.9. The van der Waals surface area contributed by atoms with E-state index in [1.54, 1.807) is 6.20 Å². The summed E-state index contributed by atoms with van der Waals surface area (Å²) in [5, 5.41) is 7.28. The molecule has 6 heteroatoms. The number of nitrogens with one attached hydrogen (secondary N) is 2. The van der Waals surface area contributed by atoms with Crippen molar-refractivity contribution in [3.63, 3.8) is 0 Å². The second-order valence-corrected chi connectivity index (χ2v) is 9.95. The Hall–Kier alpha value is -4.68. The molecule has 0 radical (unpaired) electrons. The lowest BCUT2D eigenvalue weighted by Crippen LogP contribution is -2.30. The fraction of sp³-hybridized carbons (Fsp3) is 0.200. The average Bonchev–Trinajstić information content (AvgIpc) is 3.00. The molecule has 0 bridgehead atoms. The van der Waals surface area contributed by atoms with Gasteiger partial charge in [-0.15, -0.1) is 0 Å². The van der Waals surface area contributed by atoms with E-state index >= 15 is 0 Å². The third-order valence-corrected chi connectivity index (χ3v) is 7.05. The number of benzene rings is 4. The lowest BCUT2D eigenvalue weighted by molar-refractivity contribution is -0.118. The van der Waals surface area contributed by atoms with Gasteiger partial charge in [-0.25, -0.2) is 0 Å². The van der Waals surface area contributed by atoms with Crippen LogP contribution in [0.3, 0.4) is 0 Å². The molecule has 5 aromatic rings. The van der Waals surface area contributed by atoms with Crippen molar-refractivity contribution in [3.8, 4) is 22.6 Å². The van der Waals surface area contributed by atoms with E-state index in [4.69, 9.17) is 9.47 Å². The van der Waals surface area contributed by atoms with Crippen molar-refractivity contribution in [1.29, 1.82) is 0 Å². The molecule has 208 valence electrons. The van der Waals surface area contributed by atoms with Gasteiger partial charge in [0, 0.05) is 55.3 Å². The number of para-hydroxylation sites is 1. The molecule has 0 fully saturated rings. The second-order valence-electron chi connectivity index (χ2n) is 9.95. The molecule has 41 heavy (non-hydrogen) atoms. The summed E-state index contributed by atoms with van der Waals surface area (Å²) in [6, 6.07) is 32.8. The van der Waals surface area contributed by atoms with E-state index in [2.05, 4.69) is 77.1 Å². The molecule has 4 aromatic carbocycles. The molecule has 2 N–H and O–H groups in total. The number of hydrogen-bond donors (Lipinski definition) is 2. The van der Waals surface area contributed by atoms with Crippen LogP contribution >= 0.6 is 0 Å². The molecule has 0 saturated heterocycles. The lowest BCUT2D eigenvalue weighted by atomic mass is 9.97. The fourth-order valence-electron chi connectivity index (χ4n) is 4.83. The first kappa shape index (κ1) is 27.9. The summed E-state index contributed by atoms with van der Waals surface area (Å²) in [6.45, 7) is 6.32. The van der Waals surface area contributed by atoms with Crippen LogP contribution < -0.4 is 20.1 Å². The smallest absolute Gasteiger partial charge is 0.216 e. The van der Waals surface area contributed by atoms with Gasteiger partial charge in [-0.1, -0.05) is 78.9 Å². The SMILES string of the molecule is CC(=O)NCCNCc1ccc(OCc2cccc(-c3ccccc3)c2C)cc1OCc1cccc2cccnc12. The van der Waals surface area contributed by atoms with Crippen molar-refractivity contribution in [2.24, 2.45) is 0 Å². The van der Waals surface area contributed by atoms with Gasteiger partial charge < -0.3 is 20.1 Å². The minimum absolute atomic E-state index is 0.0365. The lowest BCUT2D eigenvalue weighted by Gasteiger charge is -2.16. The van der Waals surface area contributed by atoms with Gasteiger partial charge in [0.15, 0.2) is 0 Å². The molecular weight excluding hydrogens is 510 g/mol. The number of carbonyl (C=O) groups is 1. The third kappa shape index (κ3) is 7.29. The third-order valence-electron chi connectivity index (χ3n) is 7.05. The summed E-state index contributed by atoms with van der Waals surface area (Å²) in [6.07, 6.45) is 1.81. The molecule has 1 aromatic heterocycles. The molecule has 0 saturated carbocycles. The van der Waals surface area contributed by atoms with Crippen molar-refractivity contribution < 1.29 is 14.3 Å². The molecule has 1 amide bonds. The maximum atomic E-state index is 11.2. The largest absolute Gasteiger partial charge is 0.489 e. The molecule has 0 aliphatic carbocycles. The van der Waals surface area contributed by atoms with E-state index in [-0.39, 0.29) is 5.91 Å². The monoisotopic (exact) mass is 545 g/mol. The number of amides is 1. The summed E-state index contributed by atoms with van der Waals surface area (Å²) < 4.78 is 12.7. The Morgan fingerprint density at radius 1 is 0.780 bits per heavy atom. The summed E-state index contributed by atoms with van der Waals surface area (Å²) in [7, 11) is 0. The summed E-state index contributed by atoms with van der Waals surface area (Å²) >= 11 is 0. The van der Waals surface area contributed by atoms with Gasteiger partial charge >= 0.3 is 0 Å². The van der Waals surface area contributed by atoms with Crippen LogP contribution in [0.1, 0.15) is 29.2 Å². The first-order chi connectivity index (χ1) is 20.1. The van der Waals surface area contributed by atoms with Crippen LogP contribution in [0.4, 0.5) is 0 Å². The van der Waals surface area contributed by atoms with Gasteiger partial charge in [0.05, 0.1) is 5.52 Å². The van der Waals surface area contributed by atoms with Crippen LogP contribution in [0.15, 0.2) is 103 Å². The van der Waals surface area contributed by atoms with E-state index in [1.807, 2.05) is 42.5 Å². The number of carbonyl (C=O) groups excluding carboxylic acids is 1. The van der Waals surface area contributed by atoms with Crippen molar-refractivity contribution in [1.82, 2.24) is 15.6 Å². The molecule has 1 heterocycles. The zero-order valence-corrected chi connectivity index (χ0v) is 23.5. The maximum Gasteiger partial charge on any atom is 0.216 e. The molecule has 6 nitrogen and oxygen atoms in total. The summed E-state index contributed by atoms with van der Waals surface area (Å²) in [5.74, 6) is 1.45. The quantitative estimate of drug-likeness (QED) is 0.173. The average molecular weight is 546 g/mol. The Balaban J connectivity index is 1.33. The van der Waals surface area contributed by atoms with E-state index < -0.39 is 0 Å². The Morgan fingerprint density at radius 3 is 2.41 bits per heavy atom. The molecule has 5 rings (SSSR count). The highest BCUT2D eigenvalue weighted by Crippen LogP contribution is 2.29. The Labute approximate surface area is 241 Å². The van der Waals surface area contributed by atoms with Gasteiger partial charge in [0.2, 0.25) is 5.91 Å². The number of ether oxygens (including phenoxy) is 2. The van der Waals surface area contributed by atoms with E-state index in [0.717, 1.165) is 39.1 Å². The highest BCUT2D eigenvalue weighted by molar-refractivity contribution is 5.81. The van der Waals surface area contributed by atoms with Gasteiger partial charge in [0.1, 0.15) is 24.7 Å². The highest BCUT2D eigenvalue weighted by Gasteiger charge is 2.11. The standard InChI is InChI=1S/C35H35N3O3/c1-25-30(12-7-15-33(25)27-9-4-3-5-10-27)23-40-32-17-16-29(22-36-19-20-37-26(2)39)34(21-32)41-24-31-13-6-11-28-14-8-18-38-35(28)31/h3-18,21,36H,19-20,22-24H2,1-2H3,(H,37,39). The van der Waals surface area contributed by atoms with Crippen LogP contribution in [0.5, 0.6) is 11.5 Å². The van der Waals surface area contributed by atoms with Gasteiger partial charge in [-0.2, -0.15) is 0 Å². The number of pyridine rings is 1. The summed E-state index contributed by atoms with van der Waals surface area (Å²) in [4.78, 5) is 15.7. The van der Waals surface area contributed by atoms with Crippen molar-refractivity contribution >= 4 is 16.8 Å². The van der Waals surface area contributed by atoms with Crippen molar-refractivity contribution in [2.45, 2.75) is 33.6 Å². The van der Waals surface area contributed by atoms with E-state index in [9.17, 15) is 4.79 Å². The number of aromatic nitrogens is 1. The fourth-order valence-corrected chi connectivity index (χ4v) is 4.83. The number of fused-ring (bicyclic) bond motifs is 1. The molecular formula is C35H35N3O3. The zero-order valence-electron chi connectivity index (χ0n) is 23.5. The van der Waals surface area contributed by atoms with Gasteiger partial charge in [0.25, 0.3) is 0 Å². The molecule has 0 aliphatic heterocycles. The number of nitrogens with zero attached hydrogens (tertiary/aromatic N) is 1. The predicted octanol–water partition coefficient (Wildman–Crippen LogP) is 6.59. The predicted molar refractivity (Wildman–Crippen MR) is 164 cm³/mol. The minimum atomic E-state index is -0.0365. The zero-order chi connectivity index (χ0) is 28.4. The second kappa shape index (κ2) is 13.6. The highest BCUT2D eigenvalue weighted by atomic mass is 16.5. The topological polar surface area (TPSA) is 72.5 Å². The Morgan fingerprint density at radius 2 is 1.56 bits per heavy atom. The Kier molecular flexibility index (Phi) is 9.24. The normalized spacial score (nSPS) is 10.9. The van der Waals surface area contributed by atoms with Crippen molar-refractivity contribution in [2.75, 3.05) is 13.1 Å². The van der Waals surface area contributed by atoms with E-state index in [0.29, 0.717) is 32.8 Å². The van der Waals surface area contributed by atoms with Crippen LogP contribution in [0, 0.1) is 6.92 Å². The molecule has 0 unspecified atom stereocenters. The van der Waals surface area contributed by atoms with Gasteiger partial charge in [-0.3, -0.25) is 9.78 Å². The maximum absolute atomic E-state index is 11.2. The molecule has 0 spiro atoms. The first-order valence-electron chi connectivity index (χ1n) is 13.9. The Bertz CT molecular complexity index is 1610. The van der Waals surface area contributed by atoms with Crippen LogP contribution in [0.25, 0.3) is 22.0 Å². The van der Waals surface area contributed by atoms with Crippen molar-refractivity contribution in [3.05, 3.63) is 126 Å². The number of rotatable bonds is 12. The van der Waals surface area contributed by atoms with Gasteiger partial charge in [-0.05, 0) is 41.3 Å². The molecule has 0 atom stereocenters. The summed E-state index contributed by atoms with van der Waals surface area (Å²) in [5.41, 5.74) is 7.72. The van der Waals surface area contributed by atoms with E-state index in [1.165, 1.54) is 23.6 Å². The van der Waals surface area contributed by atoms with Crippen LogP contribution in [0.2, 0.25) is 0 Å². The van der Waals surface area contributed by atoms with Crippen LogP contribution in [-0.4, -0.2) is 24.0 Å². The minimum Gasteiger partial charge on any atom is -0.489 e. The molecule has 0 aliphatic rings. The van der Waals surface area contributed by atoms with Crippen LogP contribution in [-0.2, 0) is 24.6 Å². The number of hydrogen-bond acceptors (Lipinski definition) is 5.